The Balaban J connectivity index is 1.49. The van der Waals surface area contributed by atoms with Gasteiger partial charge in [0.05, 0.1) is 25.9 Å². The summed E-state index contributed by atoms with van der Waals surface area (Å²) in [6.07, 6.45) is 1.40. The van der Waals surface area contributed by atoms with Crippen molar-refractivity contribution in [3.05, 3.63) is 35.4 Å². The number of amides is 1. The second kappa shape index (κ2) is 8.77. The number of carbonyl (C=O) groups excluding carboxylic acids is 1. The Morgan fingerprint density at radius 3 is 2.81 bits per heavy atom. The van der Waals surface area contributed by atoms with Crippen LogP contribution < -0.4 is 10.6 Å². The predicted molar refractivity (Wildman–Crippen MR) is 81.6 cm³/mol. The van der Waals surface area contributed by atoms with Crippen molar-refractivity contribution in [3.63, 3.8) is 0 Å². The van der Waals surface area contributed by atoms with Crippen LogP contribution >= 0.6 is 0 Å². The summed E-state index contributed by atoms with van der Waals surface area (Å²) in [6, 6.07) is 7.52. The molecule has 2 rings (SSSR count). The van der Waals surface area contributed by atoms with E-state index in [-0.39, 0.29) is 5.91 Å². The van der Waals surface area contributed by atoms with Crippen molar-refractivity contribution in [2.24, 2.45) is 0 Å². The highest BCUT2D eigenvalue weighted by molar-refractivity contribution is 5.94. The molecule has 1 saturated heterocycles. The highest BCUT2D eigenvalue weighted by Crippen LogP contribution is 2.03. The summed E-state index contributed by atoms with van der Waals surface area (Å²) in [7, 11) is 0. The molecule has 1 heterocycles. The van der Waals surface area contributed by atoms with Crippen molar-refractivity contribution in [1.82, 2.24) is 10.6 Å². The maximum Gasteiger partial charge on any atom is 0.251 e. The zero-order valence-corrected chi connectivity index (χ0v) is 12.6. The van der Waals surface area contributed by atoms with Crippen molar-refractivity contribution in [2.75, 3.05) is 39.5 Å². The molecule has 0 aliphatic carbocycles. The molecule has 0 spiro atoms. The second-order valence-corrected chi connectivity index (χ2v) is 5.22. The van der Waals surface area contributed by atoms with Gasteiger partial charge in [-0.15, -0.1) is 0 Å². The van der Waals surface area contributed by atoms with Crippen molar-refractivity contribution in [1.29, 1.82) is 0 Å². The van der Waals surface area contributed by atoms with E-state index in [0.717, 1.165) is 25.1 Å². The summed E-state index contributed by atoms with van der Waals surface area (Å²) in [5.41, 5.74) is 1.82. The molecule has 1 aromatic carbocycles. The minimum Gasteiger partial charge on any atom is -0.377 e. The summed E-state index contributed by atoms with van der Waals surface area (Å²) in [6.45, 7) is 6.17. The van der Waals surface area contributed by atoms with E-state index in [1.54, 1.807) is 0 Å². The van der Waals surface area contributed by atoms with Crippen LogP contribution in [0.25, 0.3) is 0 Å². The Kier molecular flexibility index (Phi) is 6.66. The molecule has 1 unspecified atom stereocenters. The third-order valence-electron chi connectivity index (χ3n) is 3.44. The Morgan fingerprint density at radius 2 is 2.10 bits per heavy atom. The molecule has 116 valence electrons. The third-order valence-corrected chi connectivity index (χ3v) is 3.44. The topological polar surface area (TPSA) is 59.6 Å². The number of carbonyl (C=O) groups is 1. The number of ether oxygens (including phenoxy) is 2. The van der Waals surface area contributed by atoms with Gasteiger partial charge in [-0.25, -0.2) is 0 Å². The van der Waals surface area contributed by atoms with E-state index >= 15 is 0 Å². The molecular formula is C16H24N2O3. The standard InChI is InChI=1S/C16H24N2O3/c1-13-2-4-14(5-3-13)16(19)18-8-9-20-10-11-21-15-6-7-17-12-15/h2-5,15,17H,6-12H2,1H3,(H,18,19). The fourth-order valence-corrected chi connectivity index (χ4v) is 2.19. The number of rotatable bonds is 8. The van der Waals surface area contributed by atoms with Gasteiger partial charge in [-0.05, 0) is 32.0 Å². The summed E-state index contributed by atoms with van der Waals surface area (Å²) < 4.78 is 11.1. The lowest BCUT2D eigenvalue weighted by Crippen LogP contribution is -2.27. The Hall–Kier alpha value is -1.43. The maximum atomic E-state index is 11.8. The van der Waals surface area contributed by atoms with Gasteiger partial charge in [0.2, 0.25) is 0 Å². The third kappa shape index (κ3) is 5.83. The maximum absolute atomic E-state index is 11.8. The van der Waals surface area contributed by atoms with Crippen molar-refractivity contribution < 1.29 is 14.3 Å². The molecular weight excluding hydrogens is 268 g/mol. The minimum absolute atomic E-state index is 0.0631. The summed E-state index contributed by atoms with van der Waals surface area (Å²) >= 11 is 0. The van der Waals surface area contributed by atoms with E-state index in [0.29, 0.717) is 38.0 Å². The Labute approximate surface area is 126 Å². The quantitative estimate of drug-likeness (QED) is 0.705. The molecule has 1 aliphatic heterocycles. The largest absolute Gasteiger partial charge is 0.377 e. The predicted octanol–water partition coefficient (Wildman–Crippen LogP) is 1.12. The lowest BCUT2D eigenvalue weighted by Gasteiger charge is -2.11. The van der Waals surface area contributed by atoms with Gasteiger partial charge >= 0.3 is 0 Å². The van der Waals surface area contributed by atoms with Crippen LogP contribution in [0.15, 0.2) is 24.3 Å². The van der Waals surface area contributed by atoms with Crippen LogP contribution in [0.5, 0.6) is 0 Å². The highest BCUT2D eigenvalue weighted by Gasteiger charge is 2.13. The molecule has 1 amide bonds. The zero-order chi connectivity index (χ0) is 14.9. The van der Waals surface area contributed by atoms with Gasteiger partial charge in [0, 0.05) is 18.7 Å². The number of benzene rings is 1. The average molecular weight is 292 g/mol. The van der Waals surface area contributed by atoms with Gasteiger partial charge < -0.3 is 20.1 Å². The summed E-state index contributed by atoms with van der Waals surface area (Å²) in [5, 5.41) is 6.09. The Bertz CT molecular complexity index is 428. The van der Waals surface area contributed by atoms with Crippen LogP contribution in [-0.4, -0.2) is 51.5 Å². The number of nitrogens with one attached hydrogen (secondary N) is 2. The van der Waals surface area contributed by atoms with Crippen molar-refractivity contribution >= 4 is 5.91 Å². The molecule has 5 heteroatoms. The molecule has 0 saturated carbocycles. The van der Waals surface area contributed by atoms with Gasteiger partial charge in [0.1, 0.15) is 0 Å². The van der Waals surface area contributed by atoms with E-state index in [9.17, 15) is 4.79 Å². The van der Waals surface area contributed by atoms with E-state index in [1.807, 2.05) is 31.2 Å². The molecule has 5 nitrogen and oxygen atoms in total. The van der Waals surface area contributed by atoms with Gasteiger partial charge in [-0.1, -0.05) is 17.7 Å². The van der Waals surface area contributed by atoms with Crippen molar-refractivity contribution in [2.45, 2.75) is 19.4 Å². The van der Waals surface area contributed by atoms with Crippen LogP contribution in [0.4, 0.5) is 0 Å². The average Bonchev–Trinajstić information content (AvgIpc) is 3.00. The van der Waals surface area contributed by atoms with Gasteiger partial charge in [0.15, 0.2) is 0 Å². The Morgan fingerprint density at radius 1 is 1.29 bits per heavy atom. The molecule has 1 atom stereocenters. The number of hydrogen-bond acceptors (Lipinski definition) is 4. The lowest BCUT2D eigenvalue weighted by molar-refractivity contribution is 0.0139. The van der Waals surface area contributed by atoms with E-state index in [1.165, 1.54) is 0 Å². The molecule has 21 heavy (non-hydrogen) atoms. The van der Waals surface area contributed by atoms with Crippen LogP contribution in [-0.2, 0) is 9.47 Å². The molecule has 1 aromatic rings. The monoisotopic (exact) mass is 292 g/mol. The fraction of sp³-hybridized carbons (Fsp3) is 0.562. The summed E-state index contributed by atoms with van der Waals surface area (Å²) in [4.78, 5) is 11.8. The molecule has 2 N–H and O–H groups in total. The van der Waals surface area contributed by atoms with E-state index in [4.69, 9.17) is 9.47 Å². The first kappa shape index (κ1) is 15.9. The van der Waals surface area contributed by atoms with Gasteiger partial charge in [-0.3, -0.25) is 4.79 Å². The molecule has 0 radical (unpaired) electrons. The normalized spacial score (nSPS) is 17.9. The second-order valence-electron chi connectivity index (χ2n) is 5.22. The number of aryl methyl sites for hydroxylation is 1. The summed E-state index contributed by atoms with van der Waals surface area (Å²) in [5.74, 6) is -0.0631. The van der Waals surface area contributed by atoms with Gasteiger partial charge in [0.25, 0.3) is 5.91 Å². The first-order valence-electron chi connectivity index (χ1n) is 7.50. The number of hydrogen-bond donors (Lipinski definition) is 2. The zero-order valence-electron chi connectivity index (χ0n) is 12.6. The molecule has 1 aliphatic rings. The van der Waals surface area contributed by atoms with Crippen LogP contribution in [0.2, 0.25) is 0 Å². The van der Waals surface area contributed by atoms with E-state index < -0.39 is 0 Å². The molecule has 1 fully saturated rings. The van der Waals surface area contributed by atoms with Crippen molar-refractivity contribution in [3.8, 4) is 0 Å². The minimum atomic E-state index is -0.0631. The van der Waals surface area contributed by atoms with Crippen LogP contribution in [0, 0.1) is 6.92 Å². The first-order chi connectivity index (χ1) is 10.3. The van der Waals surface area contributed by atoms with Crippen LogP contribution in [0.3, 0.4) is 0 Å². The van der Waals surface area contributed by atoms with E-state index in [2.05, 4.69) is 10.6 Å². The molecule has 0 bridgehead atoms. The highest BCUT2D eigenvalue weighted by atomic mass is 16.5. The smallest absolute Gasteiger partial charge is 0.251 e. The lowest BCUT2D eigenvalue weighted by atomic mass is 10.1. The molecule has 0 aromatic heterocycles. The fourth-order valence-electron chi connectivity index (χ4n) is 2.19. The SMILES string of the molecule is Cc1ccc(C(=O)NCCOCCOC2CCNC2)cc1. The van der Waals surface area contributed by atoms with Crippen LogP contribution in [0.1, 0.15) is 22.3 Å². The first-order valence-corrected chi connectivity index (χ1v) is 7.50. The van der Waals surface area contributed by atoms with Gasteiger partial charge in [-0.2, -0.15) is 0 Å².